The summed E-state index contributed by atoms with van der Waals surface area (Å²) in [4.78, 5) is 19.5. The van der Waals surface area contributed by atoms with Crippen molar-refractivity contribution in [1.82, 2.24) is 9.88 Å². The minimum atomic E-state index is -1.23. The molecule has 2 heterocycles. The molecule has 218 valence electrons. The first kappa shape index (κ1) is 28.3. The van der Waals surface area contributed by atoms with Gasteiger partial charge in [-0.25, -0.2) is 9.18 Å². The number of fused-ring (bicyclic) bond motifs is 1. The lowest BCUT2D eigenvalue weighted by Crippen LogP contribution is -2.47. The molecule has 0 bridgehead atoms. The van der Waals surface area contributed by atoms with Crippen molar-refractivity contribution in [3.63, 3.8) is 0 Å². The number of benzene rings is 3. The minimum Gasteiger partial charge on any atom is -0.478 e. The van der Waals surface area contributed by atoms with Crippen LogP contribution in [-0.4, -0.2) is 53.7 Å². The number of carboxylic acids is 1. The van der Waals surface area contributed by atoms with Gasteiger partial charge in [-0.1, -0.05) is 43.2 Å². The van der Waals surface area contributed by atoms with Crippen LogP contribution < -0.4 is 9.64 Å². The molecule has 42 heavy (non-hydrogen) atoms. The molecule has 0 radical (unpaired) electrons. The Morgan fingerprint density at radius 1 is 1.05 bits per heavy atom. The van der Waals surface area contributed by atoms with E-state index < -0.39 is 11.8 Å². The topological polar surface area (TPSA) is 68.8 Å². The maximum absolute atomic E-state index is 16.0. The van der Waals surface area contributed by atoms with Crippen molar-refractivity contribution in [2.75, 3.05) is 37.6 Å². The van der Waals surface area contributed by atoms with Gasteiger partial charge in [-0.3, -0.25) is 4.90 Å². The summed E-state index contributed by atoms with van der Waals surface area (Å²) in [6.45, 7) is 8.37. The fourth-order valence-electron chi connectivity index (χ4n) is 6.15. The Kier molecular flexibility index (Phi) is 7.73. The highest BCUT2D eigenvalue weighted by atomic mass is 35.5. The summed E-state index contributed by atoms with van der Waals surface area (Å²) in [5.41, 5.74) is 5.45. The zero-order chi connectivity index (χ0) is 29.4. The predicted molar refractivity (Wildman–Crippen MR) is 166 cm³/mol. The van der Waals surface area contributed by atoms with Crippen LogP contribution in [0.25, 0.3) is 16.5 Å². The lowest BCUT2D eigenvalue weighted by atomic mass is 9.72. The molecule has 6 nitrogen and oxygen atoms in total. The Hall–Kier alpha value is -3.81. The van der Waals surface area contributed by atoms with Crippen LogP contribution in [0.5, 0.6) is 11.5 Å². The van der Waals surface area contributed by atoms with Crippen LogP contribution in [0.4, 0.5) is 10.1 Å². The van der Waals surface area contributed by atoms with Crippen LogP contribution in [0.15, 0.2) is 72.4 Å². The Balaban J connectivity index is 1.20. The highest BCUT2D eigenvalue weighted by Gasteiger charge is 2.30. The summed E-state index contributed by atoms with van der Waals surface area (Å²) < 4.78 is 21.8. The molecule has 2 N–H and O–H groups in total. The monoisotopic (exact) mass is 587 g/mol. The Morgan fingerprint density at radius 3 is 2.55 bits per heavy atom. The van der Waals surface area contributed by atoms with Gasteiger partial charge in [0.25, 0.3) is 0 Å². The molecule has 1 fully saturated rings. The number of allylic oxidation sites excluding steroid dienone is 1. The molecule has 1 aliphatic heterocycles. The zero-order valence-electron chi connectivity index (χ0n) is 23.9. The molecular formula is C34H35ClFN3O3. The van der Waals surface area contributed by atoms with E-state index in [-0.39, 0.29) is 16.7 Å². The largest absolute Gasteiger partial charge is 0.478 e. The molecule has 0 spiro atoms. The number of rotatable bonds is 7. The summed E-state index contributed by atoms with van der Waals surface area (Å²) in [7, 11) is 0. The maximum atomic E-state index is 16.0. The number of aromatic amines is 1. The first-order chi connectivity index (χ1) is 20.2. The van der Waals surface area contributed by atoms with Crippen molar-refractivity contribution in [2.45, 2.75) is 33.1 Å². The van der Waals surface area contributed by atoms with Crippen LogP contribution in [0, 0.1) is 11.2 Å². The normalized spacial score (nSPS) is 17.6. The average Bonchev–Trinajstić information content (AvgIpc) is 3.44. The van der Waals surface area contributed by atoms with Crippen molar-refractivity contribution in [2.24, 2.45) is 5.41 Å². The van der Waals surface area contributed by atoms with E-state index in [1.807, 2.05) is 35.4 Å². The maximum Gasteiger partial charge on any atom is 0.339 e. The van der Waals surface area contributed by atoms with E-state index in [2.05, 4.69) is 35.9 Å². The molecule has 3 aromatic carbocycles. The summed E-state index contributed by atoms with van der Waals surface area (Å²) >= 11 is 6.17. The number of piperazine rings is 1. The van der Waals surface area contributed by atoms with E-state index in [4.69, 9.17) is 16.3 Å². The van der Waals surface area contributed by atoms with Gasteiger partial charge < -0.3 is 19.7 Å². The lowest BCUT2D eigenvalue weighted by Gasteiger charge is -2.39. The second-order valence-electron chi connectivity index (χ2n) is 12.1. The van der Waals surface area contributed by atoms with Crippen molar-refractivity contribution in [3.8, 4) is 11.5 Å². The summed E-state index contributed by atoms with van der Waals surface area (Å²) in [6.07, 6.45) is 5.05. The molecule has 1 aliphatic carbocycles. The third kappa shape index (κ3) is 5.90. The molecule has 2 aliphatic rings. The summed E-state index contributed by atoms with van der Waals surface area (Å²) in [5.74, 6) is -1.77. The van der Waals surface area contributed by atoms with Crippen LogP contribution >= 0.6 is 11.6 Å². The number of H-pyrrole nitrogens is 1. The van der Waals surface area contributed by atoms with Gasteiger partial charge in [0.1, 0.15) is 11.3 Å². The van der Waals surface area contributed by atoms with E-state index in [9.17, 15) is 9.90 Å². The summed E-state index contributed by atoms with van der Waals surface area (Å²) in [6, 6.07) is 18.3. The summed E-state index contributed by atoms with van der Waals surface area (Å²) in [5, 5.41) is 11.4. The van der Waals surface area contributed by atoms with Crippen LogP contribution in [0.3, 0.4) is 0 Å². The average molecular weight is 588 g/mol. The highest BCUT2D eigenvalue weighted by Crippen LogP contribution is 2.43. The number of hydrogen-bond acceptors (Lipinski definition) is 4. The van der Waals surface area contributed by atoms with Gasteiger partial charge in [-0.15, -0.1) is 0 Å². The van der Waals surface area contributed by atoms with E-state index in [1.54, 1.807) is 18.2 Å². The number of ether oxygens (including phenoxy) is 1. The van der Waals surface area contributed by atoms with Gasteiger partial charge in [0.15, 0.2) is 11.6 Å². The molecule has 8 heteroatoms. The Morgan fingerprint density at radius 2 is 1.81 bits per heavy atom. The predicted octanol–water partition coefficient (Wildman–Crippen LogP) is 8.24. The van der Waals surface area contributed by atoms with Gasteiger partial charge in [-0.05, 0) is 84.3 Å². The number of halogens is 2. The molecule has 1 aromatic heterocycles. The van der Waals surface area contributed by atoms with E-state index in [0.29, 0.717) is 24.5 Å². The standard InChI is InChI=1S/C34H35ClFN3O3/c1-34(2)13-11-24(28(20-34)22-3-5-25(35)6-4-22)21-38-15-17-39(18-16-38)30-10-8-27(33(40)41)32(31(30)36)42-26-7-9-29-23(19-26)12-14-37-29/h3-10,12,14,19,37H,11,13,15-18,20-21H2,1-2H3,(H,40,41). The third-order valence-electron chi connectivity index (χ3n) is 8.56. The number of hydrogen-bond donors (Lipinski definition) is 2. The van der Waals surface area contributed by atoms with E-state index >= 15 is 4.39 Å². The highest BCUT2D eigenvalue weighted by molar-refractivity contribution is 6.30. The molecule has 4 aromatic rings. The number of nitrogens with one attached hydrogen (secondary N) is 1. The number of aromatic carboxylic acids is 1. The van der Waals surface area contributed by atoms with Crippen LogP contribution in [-0.2, 0) is 0 Å². The second kappa shape index (κ2) is 11.5. The molecule has 0 saturated carbocycles. The second-order valence-corrected chi connectivity index (χ2v) is 12.5. The van der Waals surface area contributed by atoms with Crippen molar-refractivity contribution >= 4 is 39.7 Å². The quantitative estimate of drug-likeness (QED) is 0.228. The van der Waals surface area contributed by atoms with Crippen LogP contribution in [0.2, 0.25) is 5.02 Å². The fourth-order valence-corrected chi connectivity index (χ4v) is 6.28. The van der Waals surface area contributed by atoms with E-state index in [1.165, 1.54) is 22.8 Å². The molecular weight excluding hydrogens is 553 g/mol. The smallest absolute Gasteiger partial charge is 0.339 e. The SMILES string of the molecule is CC1(C)CCC(CN2CCN(c3ccc(C(=O)O)c(Oc4ccc5[nH]ccc5c4)c3F)CC2)=C(c2ccc(Cl)cc2)C1. The van der Waals surface area contributed by atoms with Gasteiger partial charge in [0.05, 0.1) is 5.69 Å². The van der Waals surface area contributed by atoms with E-state index in [0.717, 1.165) is 54.8 Å². The third-order valence-corrected chi connectivity index (χ3v) is 8.81. The number of carbonyl (C=O) groups is 1. The fraction of sp³-hybridized carbons (Fsp3) is 0.324. The minimum absolute atomic E-state index is 0.203. The molecule has 0 amide bonds. The number of nitrogens with zero attached hydrogens (tertiary/aromatic N) is 2. The first-order valence-corrected chi connectivity index (χ1v) is 14.8. The van der Waals surface area contributed by atoms with Gasteiger partial charge >= 0.3 is 5.97 Å². The van der Waals surface area contributed by atoms with Crippen molar-refractivity contribution in [1.29, 1.82) is 0 Å². The van der Waals surface area contributed by atoms with Gasteiger partial charge in [0, 0.05) is 54.8 Å². The Bertz CT molecular complexity index is 1650. The van der Waals surface area contributed by atoms with Crippen molar-refractivity contribution < 1.29 is 19.0 Å². The van der Waals surface area contributed by atoms with Gasteiger partial charge in [-0.2, -0.15) is 0 Å². The van der Waals surface area contributed by atoms with Crippen LogP contribution in [0.1, 0.15) is 49.0 Å². The molecule has 0 atom stereocenters. The number of anilines is 1. The zero-order valence-corrected chi connectivity index (χ0v) is 24.7. The van der Waals surface area contributed by atoms with Crippen molar-refractivity contribution in [3.05, 3.63) is 94.4 Å². The van der Waals surface area contributed by atoms with Gasteiger partial charge in [0.2, 0.25) is 0 Å². The first-order valence-electron chi connectivity index (χ1n) is 14.4. The number of aromatic nitrogens is 1. The number of carboxylic acid groups (broad SMARTS) is 1. The molecule has 6 rings (SSSR count). The Labute approximate surface area is 250 Å². The molecule has 1 saturated heterocycles. The lowest BCUT2D eigenvalue weighted by molar-refractivity contribution is 0.0693. The molecule has 0 unspecified atom stereocenters.